The third-order valence-electron chi connectivity index (χ3n) is 3.50. The smallest absolute Gasteiger partial charge is 0.328 e. The maximum atomic E-state index is 12.0. The summed E-state index contributed by atoms with van der Waals surface area (Å²) < 4.78 is 6.68. The van der Waals surface area contributed by atoms with Crippen molar-refractivity contribution in [3.63, 3.8) is 0 Å². The molecule has 1 N–H and O–H groups in total. The quantitative estimate of drug-likeness (QED) is 0.766. The molecular weight excluding hydrogens is 328 g/mol. The zero-order valence-corrected chi connectivity index (χ0v) is 14.5. The highest BCUT2D eigenvalue weighted by Crippen LogP contribution is 2.29. The van der Waals surface area contributed by atoms with E-state index in [-0.39, 0.29) is 11.4 Å². The number of aromatic nitrogens is 4. The molecule has 8 heteroatoms. The topological polar surface area (TPSA) is 93.8 Å². The Morgan fingerprint density at radius 2 is 2.12 bits per heavy atom. The van der Waals surface area contributed by atoms with Crippen LogP contribution in [0.25, 0.3) is 22.2 Å². The fourth-order valence-corrected chi connectivity index (χ4v) is 3.48. The number of hydrogen-bond acceptors (Lipinski definition) is 6. The number of nitrogens with one attached hydrogen (secondary N) is 1. The Hall–Kier alpha value is -2.48. The highest BCUT2D eigenvalue weighted by atomic mass is 32.1. The molecule has 0 spiro atoms. The van der Waals surface area contributed by atoms with Crippen LogP contribution in [-0.2, 0) is 13.0 Å². The molecule has 3 aromatic rings. The second kappa shape index (κ2) is 6.56. The zero-order valence-electron chi connectivity index (χ0n) is 13.7. The molecule has 0 atom stereocenters. The molecule has 0 amide bonds. The van der Waals surface area contributed by atoms with Crippen molar-refractivity contribution >= 4 is 11.3 Å². The van der Waals surface area contributed by atoms with Crippen LogP contribution in [0, 0.1) is 5.92 Å². The van der Waals surface area contributed by atoms with Crippen molar-refractivity contribution in [3.05, 3.63) is 44.0 Å². The van der Waals surface area contributed by atoms with Gasteiger partial charge in [-0.15, -0.1) is 11.3 Å². The van der Waals surface area contributed by atoms with Crippen LogP contribution in [0.1, 0.15) is 25.6 Å². The first-order valence-electron chi connectivity index (χ1n) is 7.75. The summed E-state index contributed by atoms with van der Waals surface area (Å²) in [6, 6.07) is 3.99. The summed E-state index contributed by atoms with van der Waals surface area (Å²) in [6.07, 6.45) is 2.45. The molecule has 3 rings (SSSR count). The number of aryl methyl sites for hydroxylation is 1. The van der Waals surface area contributed by atoms with Gasteiger partial charge in [0.05, 0.1) is 4.88 Å². The number of thiophene rings is 1. The van der Waals surface area contributed by atoms with Crippen LogP contribution >= 0.6 is 11.3 Å². The lowest BCUT2D eigenvalue weighted by Crippen LogP contribution is -2.30. The van der Waals surface area contributed by atoms with Gasteiger partial charge in [-0.1, -0.05) is 19.0 Å². The second-order valence-corrected chi connectivity index (χ2v) is 7.04. The van der Waals surface area contributed by atoms with Gasteiger partial charge in [0.1, 0.15) is 5.56 Å². The summed E-state index contributed by atoms with van der Waals surface area (Å²) in [7, 11) is 0. The highest BCUT2D eigenvalue weighted by Gasteiger charge is 2.16. The molecule has 0 fully saturated rings. The molecule has 0 aliphatic rings. The van der Waals surface area contributed by atoms with E-state index in [1.807, 2.05) is 19.1 Å². The van der Waals surface area contributed by atoms with Crippen LogP contribution in [-0.4, -0.2) is 19.7 Å². The van der Waals surface area contributed by atoms with Crippen molar-refractivity contribution in [3.8, 4) is 22.2 Å². The normalized spacial score (nSPS) is 11.3. The summed E-state index contributed by atoms with van der Waals surface area (Å²) in [5.74, 6) is 1.12. The highest BCUT2D eigenvalue weighted by molar-refractivity contribution is 7.15. The van der Waals surface area contributed by atoms with Gasteiger partial charge in [-0.25, -0.2) is 4.79 Å². The maximum absolute atomic E-state index is 12.0. The number of nitrogens with zero attached hydrogens (tertiary/aromatic N) is 3. The average Bonchev–Trinajstić information content (AvgIpc) is 3.16. The Morgan fingerprint density at radius 1 is 1.33 bits per heavy atom. The maximum Gasteiger partial charge on any atom is 0.328 e. The summed E-state index contributed by atoms with van der Waals surface area (Å²) in [5, 5.41) is 3.88. The molecule has 3 aromatic heterocycles. The minimum Gasteiger partial charge on any atom is -0.333 e. The van der Waals surface area contributed by atoms with Crippen molar-refractivity contribution in [2.45, 2.75) is 33.7 Å². The van der Waals surface area contributed by atoms with Gasteiger partial charge in [0.15, 0.2) is 0 Å². The van der Waals surface area contributed by atoms with Gasteiger partial charge < -0.3 is 9.09 Å². The number of hydrogen-bond donors (Lipinski definition) is 1. The van der Waals surface area contributed by atoms with Crippen LogP contribution in [0.5, 0.6) is 0 Å². The first kappa shape index (κ1) is 16.4. The number of rotatable bonds is 5. The predicted molar refractivity (Wildman–Crippen MR) is 92.1 cm³/mol. The van der Waals surface area contributed by atoms with Gasteiger partial charge >= 0.3 is 5.69 Å². The lowest BCUT2D eigenvalue weighted by Gasteiger charge is -2.01. The van der Waals surface area contributed by atoms with E-state index in [9.17, 15) is 9.59 Å². The van der Waals surface area contributed by atoms with Gasteiger partial charge in [0.25, 0.3) is 11.4 Å². The lowest BCUT2D eigenvalue weighted by atomic mass is 10.1. The Morgan fingerprint density at radius 3 is 2.83 bits per heavy atom. The summed E-state index contributed by atoms with van der Waals surface area (Å²) >= 11 is 1.60. The van der Waals surface area contributed by atoms with Crippen LogP contribution in [0.2, 0.25) is 0 Å². The lowest BCUT2D eigenvalue weighted by molar-refractivity contribution is 0.433. The molecule has 7 nitrogen and oxygen atoms in total. The Labute approximate surface area is 142 Å². The fraction of sp³-hybridized carbons (Fsp3) is 0.375. The molecule has 0 radical (unpaired) electrons. The monoisotopic (exact) mass is 346 g/mol. The number of H-pyrrole nitrogens is 1. The van der Waals surface area contributed by atoms with E-state index >= 15 is 0 Å². The first-order chi connectivity index (χ1) is 11.5. The van der Waals surface area contributed by atoms with E-state index in [0.29, 0.717) is 18.4 Å². The third kappa shape index (κ3) is 3.23. The van der Waals surface area contributed by atoms with Crippen LogP contribution in [0.4, 0.5) is 0 Å². The van der Waals surface area contributed by atoms with Crippen LogP contribution < -0.4 is 11.2 Å². The molecule has 0 aromatic carbocycles. The van der Waals surface area contributed by atoms with Crippen LogP contribution in [0.15, 0.2) is 32.4 Å². The van der Waals surface area contributed by atoms with E-state index in [2.05, 4.69) is 29.0 Å². The molecule has 0 aliphatic heterocycles. The minimum atomic E-state index is -0.524. The molecular formula is C16H18N4O3S. The van der Waals surface area contributed by atoms with Gasteiger partial charge in [-0.3, -0.25) is 9.78 Å². The van der Waals surface area contributed by atoms with Crippen molar-refractivity contribution < 1.29 is 4.52 Å². The summed E-state index contributed by atoms with van der Waals surface area (Å²) in [4.78, 5) is 32.3. The molecule has 0 aliphatic carbocycles. The number of aromatic amines is 1. The molecule has 0 saturated carbocycles. The molecule has 126 valence electrons. The third-order valence-corrected chi connectivity index (χ3v) is 4.60. The molecule has 0 unspecified atom stereocenters. The van der Waals surface area contributed by atoms with E-state index < -0.39 is 11.2 Å². The Kier molecular flexibility index (Phi) is 4.48. The van der Waals surface area contributed by atoms with Gasteiger partial charge in [0.2, 0.25) is 5.82 Å². The van der Waals surface area contributed by atoms with Crippen molar-refractivity contribution in [2.75, 3.05) is 0 Å². The zero-order chi connectivity index (χ0) is 17.3. The fourth-order valence-electron chi connectivity index (χ4n) is 2.34. The van der Waals surface area contributed by atoms with E-state index in [1.54, 1.807) is 11.3 Å². The van der Waals surface area contributed by atoms with E-state index in [0.717, 1.165) is 11.3 Å². The Balaban J connectivity index is 1.95. The summed E-state index contributed by atoms with van der Waals surface area (Å²) in [6.45, 7) is 6.59. The minimum absolute atomic E-state index is 0.173. The Bertz CT molecular complexity index is 964. The van der Waals surface area contributed by atoms with Gasteiger partial charge in [-0.2, -0.15) is 4.98 Å². The first-order valence-corrected chi connectivity index (χ1v) is 8.56. The van der Waals surface area contributed by atoms with Crippen molar-refractivity contribution in [1.82, 2.24) is 19.7 Å². The second-order valence-electron chi connectivity index (χ2n) is 5.88. The van der Waals surface area contributed by atoms with Crippen LogP contribution in [0.3, 0.4) is 0 Å². The van der Waals surface area contributed by atoms with Gasteiger partial charge in [-0.05, 0) is 31.4 Å². The standard InChI is InChI=1S/C16H18N4O3S/c1-4-20-8-11(14(21)18-16(20)22)13-17-15(23-19-13)12-6-5-10(24-12)7-9(2)3/h5-6,8-9H,4,7H2,1-3H3,(H,18,21,22). The molecule has 0 saturated heterocycles. The van der Waals surface area contributed by atoms with Crippen molar-refractivity contribution in [1.29, 1.82) is 0 Å². The molecule has 3 heterocycles. The van der Waals surface area contributed by atoms with Crippen molar-refractivity contribution in [2.24, 2.45) is 5.92 Å². The molecule has 0 bridgehead atoms. The van der Waals surface area contributed by atoms with Gasteiger partial charge in [0, 0.05) is 17.6 Å². The average molecular weight is 346 g/mol. The SMILES string of the molecule is CCn1cc(-c2noc(-c3ccc(CC(C)C)s3)n2)c(=O)[nH]c1=O. The summed E-state index contributed by atoms with van der Waals surface area (Å²) in [5.41, 5.74) is -0.763. The van der Waals surface area contributed by atoms with E-state index in [1.165, 1.54) is 15.6 Å². The predicted octanol–water partition coefficient (Wildman–Crippen LogP) is 2.53. The largest absolute Gasteiger partial charge is 0.333 e. The molecule has 24 heavy (non-hydrogen) atoms. The van der Waals surface area contributed by atoms with E-state index in [4.69, 9.17) is 4.52 Å².